The van der Waals surface area contributed by atoms with Gasteiger partial charge < -0.3 is 20.6 Å². The van der Waals surface area contributed by atoms with Crippen molar-refractivity contribution in [1.29, 1.82) is 5.41 Å². The molecule has 130 valence electrons. The number of carboxylic acid groups (broad SMARTS) is 1. The van der Waals surface area contributed by atoms with Gasteiger partial charge in [-0.2, -0.15) is 4.21 Å². The topological polar surface area (TPSA) is 151 Å². The van der Waals surface area contributed by atoms with Gasteiger partial charge in [-0.25, -0.2) is 4.79 Å². The maximum atomic E-state index is 11.3. The first-order valence-electron chi connectivity index (χ1n) is 6.84. The first-order valence-corrected chi connectivity index (χ1v) is 7.91. The molecule has 1 unspecified atom stereocenters. The molecule has 1 fully saturated rings. The van der Waals surface area contributed by atoms with Crippen LogP contribution in [0.4, 0.5) is 4.79 Å². The van der Waals surface area contributed by atoms with Crippen LogP contribution in [-0.2, 0) is 11.4 Å². The van der Waals surface area contributed by atoms with Crippen molar-refractivity contribution >= 4 is 23.4 Å². The fourth-order valence-corrected chi connectivity index (χ4v) is 2.33. The third-order valence-corrected chi connectivity index (χ3v) is 3.34. The van der Waals surface area contributed by atoms with Gasteiger partial charge in [0.2, 0.25) is 0 Å². The van der Waals surface area contributed by atoms with E-state index in [0.717, 1.165) is 19.4 Å². The largest absolute Gasteiger partial charge is 0.465 e. The number of amides is 1. The lowest BCUT2D eigenvalue weighted by atomic mass is 9.95. The number of piperidine rings is 1. The maximum absolute atomic E-state index is 11.3. The zero-order chi connectivity index (χ0) is 17.5. The Morgan fingerprint density at radius 3 is 2.32 bits per heavy atom. The van der Waals surface area contributed by atoms with Gasteiger partial charge in [0.15, 0.2) is 5.96 Å². The molecule has 1 rings (SSSR count). The first kappa shape index (κ1) is 20.6. The van der Waals surface area contributed by atoms with Crippen LogP contribution in [0, 0.1) is 11.3 Å². The third-order valence-electron chi connectivity index (χ3n) is 3.34. The molecule has 0 aromatic heterocycles. The van der Waals surface area contributed by atoms with Crippen LogP contribution in [0.25, 0.3) is 0 Å². The van der Waals surface area contributed by atoms with Gasteiger partial charge in [-0.1, -0.05) is 0 Å². The molecule has 1 aliphatic rings. The van der Waals surface area contributed by atoms with Crippen LogP contribution >= 0.6 is 0 Å². The van der Waals surface area contributed by atoms with Crippen molar-refractivity contribution in [1.82, 2.24) is 9.80 Å². The summed E-state index contributed by atoms with van der Waals surface area (Å²) in [5, 5.41) is 16.7. The average molecular weight is 338 g/mol. The minimum Gasteiger partial charge on any atom is -0.465 e. The van der Waals surface area contributed by atoms with Crippen LogP contribution in [0.3, 0.4) is 0 Å². The highest BCUT2D eigenvalue weighted by atomic mass is 32.2. The van der Waals surface area contributed by atoms with Crippen molar-refractivity contribution in [3.05, 3.63) is 0 Å². The van der Waals surface area contributed by atoms with Crippen LogP contribution in [0.5, 0.6) is 0 Å². The van der Waals surface area contributed by atoms with Gasteiger partial charge in [0, 0.05) is 25.2 Å². The molecule has 0 spiro atoms. The van der Waals surface area contributed by atoms with Gasteiger partial charge in [-0.15, -0.1) is 0 Å². The summed E-state index contributed by atoms with van der Waals surface area (Å²) in [5.41, 5.74) is 5.09. The maximum Gasteiger partial charge on any atom is 0.407 e. The molecule has 1 aliphatic heterocycles. The number of likely N-dealkylation sites (tertiary alicyclic amines) is 1. The summed E-state index contributed by atoms with van der Waals surface area (Å²) in [5.74, 6) is 0.329. The molecule has 22 heavy (non-hydrogen) atoms. The van der Waals surface area contributed by atoms with Crippen LogP contribution in [0.2, 0.25) is 0 Å². The minimum absolute atomic E-state index is 0.0809. The number of nitrogens with two attached hydrogens (primary N) is 1. The van der Waals surface area contributed by atoms with E-state index in [1.165, 1.54) is 4.90 Å². The van der Waals surface area contributed by atoms with Crippen LogP contribution < -0.4 is 5.73 Å². The monoisotopic (exact) mass is 338 g/mol. The van der Waals surface area contributed by atoms with Crippen molar-refractivity contribution in [2.24, 2.45) is 11.7 Å². The van der Waals surface area contributed by atoms with E-state index in [-0.39, 0.29) is 11.9 Å². The van der Waals surface area contributed by atoms with Crippen molar-refractivity contribution in [3.63, 3.8) is 0 Å². The summed E-state index contributed by atoms with van der Waals surface area (Å²) in [6.07, 6.45) is 1.06. The molecule has 0 saturated carbocycles. The average Bonchev–Trinajstić information content (AvgIpc) is 2.33. The summed E-state index contributed by atoms with van der Waals surface area (Å²) in [7, 11) is 0. The van der Waals surface area contributed by atoms with E-state index in [1.807, 2.05) is 25.7 Å². The Morgan fingerprint density at radius 2 is 1.95 bits per heavy atom. The number of rotatable bonds is 2. The van der Waals surface area contributed by atoms with Gasteiger partial charge in [0.05, 0.1) is 0 Å². The quantitative estimate of drug-likeness (QED) is 0.287. The number of nitrogens with one attached hydrogen (secondary N) is 1. The number of nitrogens with zero attached hydrogens (tertiary/aromatic N) is 2. The first-order chi connectivity index (χ1) is 9.95. The Kier molecular flexibility index (Phi) is 8.35. The lowest BCUT2D eigenvalue weighted by Crippen LogP contribution is -2.51. The second kappa shape index (κ2) is 8.91. The van der Waals surface area contributed by atoms with E-state index < -0.39 is 23.0 Å². The smallest absolute Gasteiger partial charge is 0.407 e. The zero-order valence-corrected chi connectivity index (χ0v) is 14.0. The lowest BCUT2D eigenvalue weighted by Gasteiger charge is -2.39. The highest BCUT2D eigenvalue weighted by Crippen LogP contribution is 2.21. The Bertz CT molecular complexity index is 409. The summed E-state index contributed by atoms with van der Waals surface area (Å²) in [4.78, 5) is 14.6. The fourth-order valence-electron chi connectivity index (χ4n) is 2.33. The molecule has 0 aromatic rings. The molecule has 10 heteroatoms. The molecule has 1 heterocycles. The summed E-state index contributed by atoms with van der Waals surface area (Å²) in [6.45, 7) is 7.66. The van der Waals surface area contributed by atoms with E-state index >= 15 is 0 Å². The molecule has 9 nitrogen and oxygen atoms in total. The molecular formula is C12H26N4O5S. The van der Waals surface area contributed by atoms with Crippen molar-refractivity contribution in [3.8, 4) is 0 Å². The SMILES string of the molecule is CC(C)(C)N(CC1CCCN(C(=N)N)C1)C(=O)O.O=S(O)O. The molecule has 1 amide bonds. The fraction of sp³-hybridized carbons (Fsp3) is 0.833. The van der Waals surface area contributed by atoms with Gasteiger partial charge >= 0.3 is 6.09 Å². The van der Waals surface area contributed by atoms with E-state index in [0.29, 0.717) is 13.1 Å². The van der Waals surface area contributed by atoms with E-state index in [4.69, 9.17) is 24.5 Å². The zero-order valence-electron chi connectivity index (χ0n) is 13.2. The third kappa shape index (κ3) is 8.15. The predicted octanol–water partition coefficient (Wildman–Crippen LogP) is 1.05. The highest BCUT2D eigenvalue weighted by molar-refractivity contribution is 7.73. The number of guanidine groups is 1. The van der Waals surface area contributed by atoms with Crippen molar-refractivity contribution < 1.29 is 23.2 Å². The molecule has 0 radical (unpaired) electrons. The second-order valence-electron chi connectivity index (χ2n) is 6.13. The van der Waals surface area contributed by atoms with Gasteiger partial charge in [-0.05, 0) is 39.5 Å². The number of hydrogen-bond acceptors (Lipinski definition) is 3. The van der Waals surface area contributed by atoms with Gasteiger partial charge in [0.1, 0.15) is 0 Å². The van der Waals surface area contributed by atoms with Crippen LogP contribution in [-0.4, -0.2) is 65.4 Å². The van der Waals surface area contributed by atoms with Gasteiger partial charge in [0.25, 0.3) is 11.4 Å². The Morgan fingerprint density at radius 1 is 1.45 bits per heavy atom. The molecular weight excluding hydrogens is 312 g/mol. The van der Waals surface area contributed by atoms with E-state index in [2.05, 4.69) is 0 Å². The summed E-state index contributed by atoms with van der Waals surface area (Å²) >= 11 is -2.61. The lowest BCUT2D eigenvalue weighted by molar-refractivity contribution is 0.0787. The van der Waals surface area contributed by atoms with Crippen LogP contribution in [0.15, 0.2) is 0 Å². The molecule has 1 atom stereocenters. The molecule has 6 N–H and O–H groups in total. The van der Waals surface area contributed by atoms with Crippen molar-refractivity contribution in [2.45, 2.75) is 39.2 Å². The minimum atomic E-state index is -2.61. The van der Waals surface area contributed by atoms with Gasteiger partial charge in [-0.3, -0.25) is 14.5 Å². The Labute approximate surface area is 133 Å². The Balaban J connectivity index is 0.000000980. The normalized spacial score (nSPS) is 18.5. The highest BCUT2D eigenvalue weighted by Gasteiger charge is 2.30. The molecule has 0 aliphatic carbocycles. The second-order valence-corrected chi connectivity index (χ2v) is 6.60. The molecule has 1 saturated heterocycles. The molecule has 0 bridgehead atoms. The van der Waals surface area contributed by atoms with E-state index in [1.54, 1.807) is 0 Å². The predicted molar refractivity (Wildman–Crippen MR) is 84.1 cm³/mol. The summed E-state index contributed by atoms with van der Waals surface area (Å²) < 4.78 is 22.8. The standard InChI is InChI=1S/C12H24N4O2.H2O3S/c1-12(2,3)16(11(17)18)8-9-5-4-6-15(7-9)10(13)14;1-4(2)3/h9H,4-8H2,1-3H3,(H3,13,14)(H,17,18);(H2,1,2,3). The Hall–Kier alpha value is -1.39. The number of hydrogen-bond donors (Lipinski definition) is 5. The molecule has 0 aromatic carbocycles. The van der Waals surface area contributed by atoms with E-state index in [9.17, 15) is 9.90 Å². The number of carbonyl (C=O) groups is 1. The summed E-state index contributed by atoms with van der Waals surface area (Å²) in [6, 6.07) is 0. The van der Waals surface area contributed by atoms with Crippen molar-refractivity contribution in [2.75, 3.05) is 19.6 Å². The van der Waals surface area contributed by atoms with Crippen LogP contribution in [0.1, 0.15) is 33.6 Å².